The molecule has 5 rings (SSSR count). The SMILES string of the molecule is O=C(COc1nnc2ccccn12)N1N=C(c2ccc(Cl)cc2)C[C@H]1c1ccco1. The maximum atomic E-state index is 13.0. The molecule has 0 unspecified atom stereocenters. The van der Waals surface area contributed by atoms with Gasteiger partial charge in [0.15, 0.2) is 12.3 Å². The number of pyridine rings is 1. The summed E-state index contributed by atoms with van der Waals surface area (Å²) in [5.74, 6) is 0.344. The molecule has 1 aliphatic heterocycles. The van der Waals surface area contributed by atoms with Crippen molar-refractivity contribution in [1.29, 1.82) is 0 Å². The average molecular weight is 422 g/mol. The number of carbonyl (C=O) groups is 1. The number of furan rings is 1. The third kappa shape index (κ3) is 3.42. The van der Waals surface area contributed by atoms with Crippen LogP contribution in [0.25, 0.3) is 5.65 Å². The molecule has 150 valence electrons. The molecular weight excluding hydrogens is 406 g/mol. The Balaban J connectivity index is 1.38. The van der Waals surface area contributed by atoms with Crippen LogP contribution in [-0.4, -0.2) is 37.8 Å². The van der Waals surface area contributed by atoms with Crippen molar-refractivity contribution in [2.24, 2.45) is 5.10 Å². The van der Waals surface area contributed by atoms with Crippen LogP contribution >= 0.6 is 11.6 Å². The molecule has 8 nitrogen and oxygen atoms in total. The first-order chi connectivity index (χ1) is 14.7. The Hall–Kier alpha value is -3.65. The molecule has 4 heterocycles. The molecule has 4 aromatic rings. The first kappa shape index (κ1) is 18.4. The van der Waals surface area contributed by atoms with E-state index in [9.17, 15) is 4.79 Å². The second-order valence-electron chi connectivity index (χ2n) is 6.73. The lowest BCUT2D eigenvalue weighted by Gasteiger charge is -2.19. The van der Waals surface area contributed by atoms with Crippen molar-refractivity contribution in [2.45, 2.75) is 12.5 Å². The van der Waals surface area contributed by atoms with Crippen molar-refractivity contribution in [1.82, 2.24) is 19.6 Å². The summed E-state index contributed by atoms with van der Waals surface area (Å²) in [4.78, 5) is 13.0. The summed E-state index contributed by atoms with van der Waals surface area (Å²) in [5.41, 5.74) is 2.31. The molecule has 1 aromatic carbocycles. The minimum absolute atomic E-state index is 0.232. The molecule has 0 saturated heterocycles. The number of ether oxygens (including phenoxy) is 1. The molecule has 0 spiro atoms. The van der Waals surface area contributed by atoms with Crippen molar-refractivity contribution < 1.29 is 13.9 Å². The van der Waals surface area contributed by atoms with E-state index in [1.165, 1.54) is 5.01 Å². The summed E-state index contributed by atoms with van der Waals surface area (Å²) in [6.07, 6.45) is 3.87. The lowest BCUT2D eigenvalue weighted by atomic mass is 10.0. The second kappa shape index (κ2) is 7.64. The fourth-order valence-electron chi connectivity index (χ4n) is 3.37. The van der Waals surface area contributed by atoms with Gasteiger partial charge in [0, 0.05) is 17.6 Å². The van der Waals surface area contributed by atoms with E-state index in [0.29, 0.717) is 22.9 Å². The van der Waals surface area contributed by atoms with Crippen molar-refractivity contribution in [2.75, 3.05) is 6.61 Å². The first-order valence-corrected chi connectivity index (χ1v) is 9.68. The zero-order valence-electron chi connectivity index (χ0n) is 15.7. The van der Waals surface area contributed by atoms with Gasteiger partial charge in [-0.2, -0.15) is 5.10 Å². The van der Waals surface area contributed by atoms with E-state index in [1.54, 1.807) is 41.1 Å². The van der Waals surface area contributed by atoms with Gasteiger partial charge in [-0.05, 0) is 42.0 Å². The number of rotatable bonds is 5. The highest BCUT2D eigenvalue weighted by Gasteiger charge is 2.35. The Morgan fingerprint density at radius 1 is 1.13 bits per heavy atom. The molecule has 1 amide bonds. The number of aromatic nitrogens is 3. The summed E-state index contributed by atoms with van der Waals surface area (Å²) in [5, 5.41) is 14.6. The molecule has 0 radical (unpaired) electrons. The lowest BCUT2D eigenvalue weighted by molar-refractivity contribution is -0.135. The van der Waals surface area contributed by atoms with Crippen molar-refractivity contribution in [3.63, 3.8) is 0 Å². The predicted octanol–water partition coefficient (Wildman–Crippen LogP) is 3.73. The number of hydrogen-bond donors (Lipinski definition) is 0. The third-order valence-electron chi connectivity index (χ3n) is 4.82. The molecule has 1 aliphatic rings. The Kier molecular flexibility index (Phi) is 4.68. The standard InChI is InChI=1S/C21H16ClN5O3/c22-15-8-6-14(7-9-15)16-12-17(18-4-3-11-29-18)27(25-16)20(28)13-30-21-24-23-19-5-1-2-10-26(19)21/h1-11,17H,12-13H2/t17-/m0/s1. The van der Waals surface area contributed by atoms with E-state index < -0.39 is 0 Å². The molecule has 0 N–H and O–H groups in total. The number of fused-ring (bicyclic) bond motifs is 1. The highest BCUT2D eigenvalue weighted by atomic mass is 35.5. The number of carbonyl (C=O) groups excluding carboxylic acids is 1. The molecule has 0 saturated carbocycles. The summed E-state index contributed by atoms with van der Waals surface area (Å²) >= 11 is 5.99. The topological polar surface area (TPSA) is 85.2 Å². The maximum Gasteiger partial charge on any atom is 0.322 e. The van der Waals surface area contributed by atoms with Gasteiger partial charge in [0.2, 0.25) is 0 Å². The van der Waals surface area contributed by atoms with Crippen LogP contribution in [0.1, 0.15) is 23.8 Å². The molecule has 30 heavy (non-hydrogen) atoms. The maximum absolute atomic E-state index is 13.0. The lowest BCUT2D eigenvalue weighted by Crippen LogP contribution is -2.31. The van der Waals surface area contributed by atoms with Gasteiger partial charge >= 0.3 is 6.01 Å². The fourth-order valence-corrected chi connectivity index (χ4v) is 3.50. The van der Waals surface area contributed by atoms with E-state index in [2.05, 4.69) is 15.3 Å². The fraction of sp³-hybridized carbons (Fsp3) is 0.143. The molecule has 3 aromatic heterocycles. The Morgan fingerprint density at radius 2 is 2.00 bits per heavy atom. The van der Waals surface area contributed by atoms with Crippen LogP contribution < -0.4 is 4.74 Å². The van der Waals surface area contributed by atoms with Crippen molar-refractivity contribution in [3.8, 4) is 6.01 Å². The minimum Gasteiger partial charge on any atom is -0.467 e. The summed E-state index contributed by atoms with van der Waals surface area (Å²) < 4.78 is 12.9. The smallest absolute Gasteiger partial charge is 0.322 e. The number of nitrogens with zero attached hydrogens (tertiary/aromatic N) is 5. The largest absolute Gasteiger partial charge is 0.467 e. The Bertz CT molecular complexity index is 1220. The quantitative estimate of drug-likeness (QED) is 0.490. The average Bonchev–Trinajstić information content (AvgIpc) is 3.51. The number of hydrazone groups is 1. The van der Waals surface area contributed by atoms with Crippen LogP contribution in [-0.2, 0) is 4.79 Å². The van der Waals surface area contributed by atoms with Crippen LogP contribution in [0.5, 0.6) is 6.01 Å². The van der Waals surface area contributed by atoms with Crippen LogP contribution in [0.3, 0.4) is 0 Å². The van der Waals surface area contributed by atoms with Crippen LogP contribution in [0, 0.1) is 0 Å². The first-order valence-electron chi connectivity index (χ1n) is 9.30. The summed E-state index contributed by atoms with van der Waals surface area (Å²) in [6.45, 7) is -0.232. The molecule has 0 aliphatic carbocycles. The van der Waals surface area contributed by atoms with Gasteiger partial charge in [0.25, 0.3) is 5.91 Å². The van der Waals surface area contributed by atoms with Crippen molar-refractivity contribution >= 4 is 28.9 Å². The van der Waals surface area contributed by atoms with Crippen LogP contribution in [0.15, 0.2) is 76.6 Å². The van der Waals surface area contributed by atoms with E-state index >= 15 is 0 Å². The zero-order valence-corrected chi connectivity index (χ0v) is 16.4. The number of halogens is 1. The van der Waals surface area contributed by atoms with Gasteiger partial charge in [0.05, 0.1) is 12.0 Å². The molecule has 0 bridgehead atoms. The molecule has 0 fully saturated rings. The van der Waals surface area contributed by atoms with Gasteiger partial charge in [-0.25, -0.2) is 5.01 Å². The van der Waals surface area contributed by atoms with Crippen LogP contribution in [0.2, 0.25) is 5.02 Å². The number of benzene rings is 1. The number of amides is 1. The Morgan fingerprint density at radius 3 is 2.80 bits per heavy atom. The zero-order chi connectivity index (χ0) is 20.5. The Labute approximate surface area is 176 Å². The van der Waals surface area contributed by atoms with Gasteiger partial charge in [-0.1, -0.05) is 34.9 Å². The highest BCUT2D eigenvalue weighted by Crippen LogP contribution is 2.33. The van der Waals surface area contributed by atoms with Gasteiger partial charge in [-0.15, -0.1) is 5.10 Å². The van der Waals surface area contributed by atoms with Crippen LogP contribution in [0.4, 0.5) is 0 Å². The monoisotopic (exact) mass is 421 g/mol. The normalized spacial score (nSPS) is 16.1. The molecule has 9 heteroatoms. The second-order valence-corrected chi connectivity index (χ2v) is 7.16. The van der Waals surface area contributed by atoms with E-state index in [0.717, 1.165) is 11.3 Å². The molecular formula is C21H16ClN5O3. The predicted molar refractivity (Wildman–Crippen MR) is 109 cm³/mol. The van der Waals surface area contributed by atoms with Crippen molar-refractivity contribution in [3.05, 3.63) is 83.4 Å². The van der Waals surface area contributed by atoms with E-state index in [1.807, 2.05) is 30.3 Å². The molecule has 1 atom stereocenters. The summed E-state index contributed by atoms with van der Waals surface area (Å²) in [6, 6.07) is 16.4. The van der Waals surface area contributed by atoms with E-state index in [4.69, 9.17) is 20.8 Å². The third-order valence-corrected chi connectivity index (χ3v) is 5.07. The highest BCUT2D eigenvalue weighted by molar-refractivity contribution is 6.30. The van der Waals surface area contributed by atoms with E-state index in [-0.39, 0.29) is 24.6 Å². The van der Waals surface area contributed by atoms with Gasteiger partial charge < -0.3 is 9.15 Å². The summed E-state index contributed by atoms with van der Waals surface area (Å²) in [7, 11) is 0. The van der Waals surface area contributed by atoms with Gasteiger partial charge in [0.1, 0.15) is 11.8 Å². The minimum atomic E-state index is -0.350. The van der Waals surface area contributed by atoms with Gasteiger partial charge in [-0.3, -0.25) is 9.20 Å². The number of hydrogen-bond acceptors (Lipinski definition) is 6.